The summed E-state index contributed by atoms with van der Waals surface area (Å²) >= 11 is 0. The molecule has 2 N–H and O–H groups in total. The first-order chi connectivity index (χ1) is 7.26. The summed E-state index contributed by atoms with van der Waals surface area (Å²) in [7, 11) is 0. The molecule has 0 heterocycles. The Morgan fingerprint density at radius 1 is 1.47 bits per heavy atom. The molecule has 0 aromatic rings. The Bertz CT molecular complexity index is 179. The summed E-state index contributed by atoms with van der Waals surface area (Å²) in [6.45, 7) is 9.50. The smallest absolute Gasteiger partial charge is 0.0160 e. The predicted octanol–water partition coefficient (Wildman–Crippen LogP) is 2.40. The molecular formula is C13H26N2. The summed E-state index contributed by atoms with van der Waals surface area (Å²) in [6, 6.07) is 0.455. The van der Waals surface area contributed by atoms with Gasteiger partial charge in [0.2, 0.25) is 0 Å². The zero-order valence-electron chi connectivity index (χ0n) is 10.1. The lowest BCUT2D eigenvalue weighted by atomic mass is 9.86. The number of hydrogen-bond acceptors (Lipinski definition) is 2. The minimum atomic E-state index is 0.455. The normalized spacial score (nSPS) is 26.9. The van der Waals surface area contributed by atoms with Crippen LogP contribution in [-0.2, 0) is 0 Å². The predicted molar refractivity (Wildman–Crippen MR) is 66.9 cm³/mol. The van der Waals surface area contributed by atoms with Crippen LogP contribution in [0.1, 0.15) is 39.0 Å². The highest BCUT2D eigenvalue weighted by Crippen LogP contribution is 2.23. The zero-order valence-corrected chi connectivity index (χ0v) is 10.1. The van der Waals surface area contributed by atoms with E-state index in [9.17, 15) is 0 Å². The first-order valence-electron chi connectivity index (χ1n) is 6.35. The molecule has 1 saturated carbocycles. The lowest BCUT2D eigenvalue weighted by molar-refractivity contribution is 0.206. The molecule has 0 spiro atoms. The fourth-order valence-electron chi connectivity index (χ4n) is 2.62. The van der Waals surface area contributed by atoms with Crippen LogP contribution in [0.4, 0.5) is 0 Å². The first kappa shape index (κ1) is 12.7. The highest BCUT2D eigenvalue weighted by molar-refractivity contribution is 4.80. The van der Waals surface area contributed by atoms with Gasteiger partial charge in [-0.2, -0.15) is 0 Å². The van der Waals surface area contributed by atoms with Gasteiger partial charge < -0.3 is 5.73 Å². The van der Waals surface area contributed by atoms with Gasteiger partial charge in [-0.05, 0) is 38.1 Å². The number of rotatable bonds is 6. The molecule has 1 aliphatic rings. The van der Waals surface area contributed by atoms with Crippen LogP contribution >= 0.6 is 0 Å². The van der Waals surface area contributed by atoms with Gasteiger partial charge in [-0.1, -0.05) is 19.4 Å². The Balaban J connectivity index is 2.31. The fraction of sp³-hybridized carbons (Fsp3) is 0.846. The van der Waals surface area contributed by atoms with Crippen molar-refractivity contribution in [1.82, 2.24) is 4.90 Å². The molecule has 2 unspecified atom stereocenters. The second kappa shape index (κ2) is 7.02. The van der Waals surface area contributed by atoms with E-state index in [1.165, 1.54) is 45.2 Å². The molecule has 2 heteroatoms. The lowest BCUT2D eigenvalue weighted by Gasteiger charge is -2.31. The Morgan fingerprint density at radius 2 is 2.27 bits per heavy atom. The zero-order chi connectivity index (χ0) is 11.1. The van der Waals surface area contributed by atoms with Crippen molar-refractivity contribution in [2.24, 2.45) is 11.7 Å². The van der Waals surface area contributed by atoms with Crippen LogP contribution in [0.25, 0.3) is 0 Å². The van der Waals surface area contributed by atoms with Crippen molar-refractivity contribution >= 4 is 0 Å². The van der Waals surface area contributed by atoms with Crippen molar-refractivity contribution in [2.75, 3.05) is 19.6 Å². The third-order valence-electron chi connectivity index (χ3n) is 3.27. The van der Waals surface area contributed by atoms with E-state index >= 15 is 0 Å². The largest absolute Gasteiger partial charge is 0.328 e. The van der Waals surface area contributed by atoms with E-state index in [0.717, 1.165) is 12.5 Å². The second-order valence-corrected chi connectivity index (χ2v) is 4.84. The van der Waals surface area contributed by atoms with Crippen molar-refractivity contribution < 1.29 is 0 Å². The number of hydrogen-bond donors (Lipinski definition) is 1. The molecule has 0 aromatic carbocycles. The van der Waals surface area contributed by atoms with E-state index in [1.807, 2.05) is 6.08 Å². The van der Waals surface area contributed by atoms with Crippen LogP contribution in [-0.4, -0.2) is 30.6 Å². The Morgan fingerprint density at radius 3 is 2.87 bits per heavy atom. The van der Waals surface area contributed by atoms with Gasteiger partial charge in [0.15, 0.2) is 0 Å². The molecule has 1 fully saturated rings. The van der Waals surface area contributed by atoms with Crippen LogP contribution in [0.15, 0.2) is 12.7 Å². The van der Waals surface area contributed by atoms with E-state index in [4.69, 9.17) is 5.73 Å². The van der Waals surface area contributed by atoms with Gasteiger partial charge in [-0.3, -0.25) is 4.90 Å². The van der Waals surface area contributed by atoms with E-state index in [2.05, 4.69) is 18.4 Å². The molecule has 0 aliphatic heterocycles. The highest BCUT2D eigenvalue weighted by atomic mass is 15.1. The molecule has 88 valence electrons. The fourth-order valence-corrected chi connectivity index (χ4v) is 2.62. The van der Waals surface area contributed by atoms with Crippen LogP contribution in [0.2, 0.25) is 0 Å². The second-order valence-electron chi connectivity index (χ2n) is 4.84. The van der Waals surface area contributed by atoms with Crippen LogP contribution < -0.4 is 5.73 Å². The number of nitrogens with two attached hydrogens (primary N) is 1. The van der Waals surface area contributed by atoms with Gasteiger partial charge >= 0.3 is 0 Å². The lowest BCUT2D eigenvalue weighted by Crippen LogP contribution is -2.36. The van der Waals surface area contributed by atoms with Crippen LogP contribution in [0, 0.1) is 5.92 Å². The van der Waals surface area contributed by atoms with Gasteiger partial charge in [-0.15, -0.1) is 6.58 Å². The topological polar surface area (TPSA) is 29.3 Å². The standard InChI is InChI=1S/C13H26N2/c1-3-8-15(9-4-2)11-12-6-5-7-13(14)10-12/h3,12-13H,1,4-11,14H2,2H3. The Kier molecular flexibility index (Phi) is 5.96. The van der Waals surface area contributed by atoms with Crippen LogP contribution in [0.5, 0.6) is 0 Å². The van der Waals surface area contributed by atoms with Gasteiger partial charge in [0, 0.05) is 19.1 Å². The monoisotopic (exact) mass is 210 g/mol. The Labute approximate surface area is 94.5 Å². The van der Waals surface area contributed by atoms with Crippen molar-refractivity contribution in [3.63, 3.8) is 0 Å². The molecule has 0 bridgehead atoms. The molecule has 15 heavy (non-hydrogen) atoms. The molecule has 0 saturated heterocycles. The SMILES string of the molecule is C=CCN(CCC)CC1CCCC(N)C1. The summed E-state index contributed by atoms with van der Waals surface area (Å²) in [5, 5.41) is 0. The molecule has 0 aromatic heterocycles. The molecule has 2 atom stereocenters. The molecule has 0 amide bonds. The van der Waals surface area contributed by atoms with Crippen molar-refractivity contribution in [3.8, 4) is 0 Å². The summed E-state index contributed by atoms with van der Waals surface area (Å²) < 4.78 is 0. The van der Waals surface area contributed by atoms with Gasteiger partial charge in [0.05, 0.1) is 0 Å². The van der Waals surface area contributed by atoms with Crippen LogP contribution in [0.3, 0.4) is 0 Å². The van der Waals surface area contributed by atoms with E-state index < -0.39 is 0 Å². The molecule has 0 radical (unpaired) electrons. The van der Waals surface area contributed by atoms with Crippen molar-refractivity contribution in [3.05, 3.63) is 12.7 Å². The maximum Gasteiger partial charge on any atom is 0.0160 e. The van der Waals surface area contributed by atoms with Crippen molar-refractivity contribution in [2.45, 2.75) is 45.1 Å². The maximum atomic E-state index is 6.01. The first-order valence-corrected chi connectivity index (χ1v) is 6.35. The Hall–Kier alpha value is -0.340. The average molecular weight is 210 g/mol. The number of nitrogens with zero attached hydrogens (tertiary/aromatic N) is 1. The third-order valence-corrected chi connectivity index (χ3v) is 3.27. The van der Waals surface area contributed by atoms with Gasteiger partial charge in [0.25, 0.3) is 0 Å². The summed E-state index contributed by atoms with van der Waals surface area (Å²) in [5.41, 5.74) is 6.01. The molecule has 2 nitrogen and oxygen atoms in total. The summed E-state index contributed by atoms with van der Waals surface area (Å²) in [5.74, 6) is 0.820. The van der Waals surface area contributed by atoms with Gasteiger partial charge in [0.1, 0.15) is 0 Å². The van der Waals surface area contributed by atoms with E-state index in [1.54, 1.807) is 0 Å². The average Bonchev–Trinajstić information content (AvgIpc) is 2.18. The minimum Gasteiger partial charge on any atom is -0.328 e. The third kappa shape index (κ3) is 4.80. The van der Waals surface area contributed by atoms with E-state index in [-0.39, 0.29) is 0 Å². The van der Waals surface area contributed by atoms with Crippen molar-refractivity contribution in [1.29, 1.82) is 0 Å². The highest BCUT2D eigenvalue weighted by Gasteiger charge is 2.20. The quantitative estimate of drug-likeness (QED) is 0.682. The van der Waals surface area contributed by atoms with Gasteiger partial charge in [-0.25, -0.2) is 0 Å². The molecule has 1 aliphatic carbocycles. The minimum absolute atomic E-state index is 0.455. The molecular weight excluding hydrogens is 184 g/mol. The summed E-state index contributed by atoms with van der Waals surface area (Å²) in [4.78, 5) is 2.51. The summed E-state index contributed by atoms with van der Waals surface area (Å²) in [6.07, 6.45) is 8.37. The maximum absolute atomic E-state index is 6.01. The molecule has 1 rings (SSSR count). The van der Waals surface area contributed by atoms with E-state index in [0.29, 0.717) is 6.04 Å².